The molecule has 1 unspecified atom stereocenters. The van der Waals surface area contributed by atoms with E-state index in [4.69, 9.17) is 19.4 Å². The van der Waals surface area contributed by atoms with Gasteiger partial charge < -0.3 is 10.6 Å². The molecule has 8 nitrogen and oxygen atoms in total. The van der Waals surface area contributed by atoms with Crippen molar-refractivity contribution in [3.8, 4) is 12.1 Å². The number of fused-ring (bicyclic) bond motifs is 1. The molecule has 2 N–H and O–H groups in total. The van der Waals surface area contributed by atoms with Gasteiger partial charge in [-0.3, -0.25) is 4.98 Å². The summed E-state index contributed by atoms with van der Waals surface area (Å²) in [5, 5.41) is 36.2. The highest BCUT2D eigenvalue weighted by Crippen LogP contribution is 2.42. The molecule has 2 heterocycles. The van der Waals surface area contributed by atoms with Gasteiger partial charge in [0.1, 0.15) is 19.6 Å². The first-order chi connectivity index (χ1) is 18.8. The van der Waals surface area contributed by atoms with Crippen LogP contribution in [0.4, 0.5) is 11.4 Å². The first-order valence-electron chi connectivity index (χ1n) is 13.1. The molecular weight excluding hydrogens is 507 g/mol. The van der Waals surface area contributed by atoms with E-state index in [9.17, 15) is 10.5 Å². The third kappa shape index (κ3) is 4.68. The van der Waals surface area contributed by atoms with Crippen LogP contribution < -0.4 is 10.6 Å². The molecule has 0 amide bonds. The highest BCUT2D eigenvalue weighted by molar-refractivity contribution is 6.36. The van der Waals surface area contributed by atoms with E-state index in [2.05, 4.69) is 45.0 Å². The number of halogens is 1. The van der Waals surface area contributed by atoms with Crippen LogP contribution in [0.15, 0.2) is 48.8 Å². The second kappa shape index (κ2) is 9.59. The average Bonchev–Trinajstić information content (AvgIpc) is 3.66. The van der Waals surface area contributed by atoms with E-state index >= 15 is 0 Å². The fourth-order valence-electron chi connectivity index (χ4n) is 5.19. The molecule has 2 saturated carbocycles. The summed E-state index contributed by atoms with van der Waals surface area (Å²) >= 11 is 6.75. The summed E-state index contributed by atoms with van der Waals surface area (Å²) in [5.41, 5.74) is 2.90. The van der Waals surface area contributed by atoms with Gasteiger partial charge in [-0.25, -0.2) is 4.68 Å². The lowest BCUT2D eigenvalue weighted by Gasteiger charge is -2.39. The van der Waals surface area contributed by atoms with Crippen molar-refractivity contribution < 1.29 is 0 Å². The first-order valence-corrected chi connectivity index (χ1v) is 13.5. The van der Waals surface area contributed by atoms with Gasteiger partial charge in [-0.2, -0.15) is 10.5 Å². The molecular formula is C29H26BClN8. The predicted octanol–water partition coefficient (Wildman–Crippen LogP) is 5.64. The van der Waals surface area contributed by atoms with Crippen molar-refractivity contribution >= 4 is 41.7 Å². The Labute approximate surface area is 233 Å². The molecule has 2 fully saturated rings. The van der Waals surface area contributed by atoms with Gasteiger partial charge in [-0.15, -0.1) is 5.10 Å². The molecule has 1 atom stereocenters. The van der Waals surface area contributed by atoms with Gasteiger partial charge in [0.05, 0.1) is 51.1 Å². The van der Waals surface area contributed by atoms with Crippen molar-refractivity contribution in [1.29, 1.82) is 10.5 Å². The summed E-state index contributed by atoms with van der Waals surface area (Å²) < 4.78 is 1.84. The summed E-state index contributed by atoms with van der Waals surface area (Å²) in [4.78, 5) is 4.48. The first kappa shape index (κ1) is 25.2. The lowest BCUT2D eigenvalue weighted by atomic mass is 9.69. The Hall–Kier alpha value is -4.08. The summed E-state index contributed by atoms with van der Waals surface area (Å²) in [6, 6.07) is 15.6. The number of pyridine rings is 1. The zero-order chi connectivity index (χ0) is 27.2. The summed E-state index contributed by atoms with van der Waals surface area (Å²) in [5.74, 6) is 0. The van der Waals surface area contributed by atoms with Gasteiger partial charge in [0.25, 0.3) is 0 Å². The molecule has 4 aromatic rings. The minimum Gasteiger partial charge on any atom is -0.383 e. The minimum atomic E-state index is -1.32. The van der Waals surface area contributed by atoms with E-state index in [1.807, 2.05) is 23.0 Å². The Bertz CT molecular complexity index is 1660. The van der Waals surface area contributed by atoms with Crippen LogP contribution in [0.25, 0.3) is 10.9 Å². The molecule has 2 aliphatic rings. The standard InChI is InChI=1S/C29H26BClN8/c1-28(8-3-9-28)17-35-26-19(14-33)15-34-27-23(26)11-21(12-24(27)31)36-29(30,20-5-2-4-18(10-20)13-32)25-16-39(38-37-25)22-6-7-22/h2,4-5,10-12,15-16,22,36H,3,6-9,17H2,1H3,(H,34,35). The van der Waals surface area contributed by atoms with Crippen LogP contribution in [0.5, 0.6) is 0 Å². The Balaban J connectivity index is 1.45. The number of hydrogen-bond donors (Lipinski definition) is 2. The molecule has 2 aromatic carbocycles. The number of nitrogens with one attached hydrogen (secondary N) is 2. The van der Waals surface area contributed by atoms with E-state index < -0.39 is 5.44 Å². The molecule has 0 spiro atoms. The Morgan fingerprint density at radius 1 is 1.21 bits per heavy atom. The Kier molecular flexibility index (Phi) is 6.20. The molecule has 0 aliphatic heterocycles. The number of rotatable bonds is 8. The van der Waals surface area contributed by atoms with Crippen molar-refractivity contribution in [3.63, 3.8) is 0 Å². The normalized spacial score (nSPS) is 17.4. The quantitative estimate of drug-likeness (QED) is 0.282. The van der Waals surface area contributed by atoms with E-state index in [-0.39, 0.29) is 5.41 Å². The number of nitriles is 2. The van der Waals surface area contributed by atoms with Crippen molar-refractivity contribution in [1.82, 2.24) is 20.0 Å². The monoisotopic (exact) mass is 532 g/mol. The van der Waals surface area contributed by atoms with Crippen molar-refractivity contribution in [2.75, 3.05) is 17.2 Å². The maximum atomic E-state index is 9.86. The molecule has 39 heavy (non-hydrogen) atoms. The fraction of sp³-hybridized carbons (Fsp3) is 0.345. The van der Waals surface area contributed by atoms with E-state index in [1.165, 1.54) is 6.42 Å². The highest BCUT2D eigenvalue weighted by atomic mass is 35.5. The van der Waals surface area contributed by atoms with Gasteiger partial charge in [0.15, 0.2) is 0 Å². The number of anilines is 2. The van der Waals surface area contributed by atoms with Gasteiger partial charge in [0.2, 0.25) is 0 Å². The van der Waals surface area contributed by atoms with Crippen LogP contribution in [0.3, 0.4) is 0 Å². The molecule has 0 saturated heterocycles. The fourth-order valence-corrected chi connectivity index (χ4v) is 5.45. The molecule has 0 bridgehead atoms. The topological polar surface area (TPSA) is 115 Å². The predicted molar refractivity (Wildman–Crippen MR) is 152 cm³/mol. The lowest BCUT2D eigenvalue weighted by molar-refractivity contribution is 0.180. The summed E-state index contributed by atoms with van der Waals surface area (Å²) in [6.07, 6.45) is 9.05. The largest absolute Gasteiger partial charge is 0.383 e. The number of aromatic nitrogens is 4. The van der Waals surface area contributed by atoms with Gasteiger partial charge in [-0.05, 0) is 60.9 Å². The average molecular weight is 533 g/mol. The van der Waals surface area contributed by atoms with E-state index in [1.54, 1.807) is 30.5 Å². The molecule has 6 rings (SSSR count). The maximum Gasteiger partial charge on any atom is 0.119 e. The van der Waals surface area contributed by atoms with E-state index in [0.717, 1.165) is 37.6 Å². The van der Waals surface area contributed by atoms with Gasteiger partial charge in [0, 0.05) is 23.8 Å². The summed E-state index contributed by atoms with van der Waals surface area (Å²) in [6.45, 7) is 3.01. The zero-order valence-electron chi connectivity index (χ0n) is 21.6. The second-order valence-corrected chi connectivity index (χ2v) is 11.4. The Morgan fingerprint density at radius 2 is 2.03 bits per heavy atom. The molecule has 2 aliphatic carbocycles. The number of benzene rings is 2. The van der Waals surface area contributed by atoms with Gasteiger partial charge >= 0.3 is 0 Å². The second-order valence-electron chi connectivity index (χ2n) is 11.0. The molecule has 10 heteroatoms. The molecule has 2 aromatic heterocycles. The number of nitrogens with zero attached hydrogens (tertiary/aromatic N) is 6. The van der Waals surface area contributed by atoms with Crippen LogP contribution in [-0.4, -0.2) is 34.4 Å². The lowest BCUT2D eigenvalue weighted by Crippen LogP contribution is -2.38. The molecule has 2 radical (unpaired) electrons. The smallest absolute Gasteiger partial charge is 0.119 e. The van der Waals surface area contributed by atoms with Crippen LogP contribution in [-0.2, 0) is 5.44 Å². The van der Waals surface area contributed by atoms with Crippen LogP contribution in [0.1, 0.15) is 67.5 Å². The van der Waals surface area contributed by atoms with Crippen molar-refractivity contribution in [2.24, 2.45) is 5.41 Å². The van der Waals surface area contributed by atoms with Gasteiger partial charge in [-0.1, -0.05) is 42.3 Å². The van der Waals surface area contributed by atoms with Crippen molar-refractivity contribution in [2.45, 2.75) is 50.5 Å². The Morgan fingerprint density at radius 3 is 2.72 bits per heavy atom. The van der Waals surface area contributed by atoms with Crippen molar-refractivity contribution in [3.05, 3.63) is 76.2 Å². The molecule has 192 valence electrons. The zero-order valence-corrected chi connectivity index (χ0v) is 22.3. The summed E-state index contributed by atoms with van der Waals surface area (Å²) in [7, 11) is 7.10. The van der Waals surface area contributed by atoms with Crippen LogP contribution in [0, 0.1) is 28.1 Å². The van der Waals surface area contributed by atoms with E-state index in [0.29, 0.717) is 50.3 Å². The maximum absolute atomic E-state index is 9.86. The number of hydrogen-bond acceptors (Lipinski definition) is 7. The third-order valence-corrected chi connectivity index (χ3v) is 8.21. The highest BCUT2D eigenvalue weighted by Gasteiger charge is 2.35. The van der Waals surface area contributed by atoms with Crippen LogP contribution in [0.2, 0.25) is 5.02 Å². The van der Waals surface area contributed by atoms with Crippen LogP contribution >= 0.6 is 11.6 Å². The third-order valence-electron chi connectivity index (χ3n) is 7.92. The SMILES string of the molecule is [B]C(Nc1cc(Cl)c2ncc(C#N)c(NCC3(C)CCC3)c2c1)(c1cccc(C#N)c1)c1cn(C2CC2)nn1. The minimum absolute atomic E-state index is 0.202.